The van der Waals surface area contributed by atoms with Crippen molar-refractivity contribution in [2.24, 2.45) is 0 Å². The lowest BCUT2D eigenvalue weighted by molar-refractivity contribution is 0.0559. The van der Waals surface area contributed by atoms with E-state index in [0.717, 1.165) is 25.0 Å². The molecule has 1 unspecified atom stereocenters. The number of aryl methyl sites for hydroxylation is 1. The molecule has 3 heterocycles. The van der Waals surface area contributed by atoms with Crippen molar-refractivity contribution in [1.29, 1.82) is 0 Å². The second-order valence-corrected chi connectivity index (χ2v) is 5.63. The lowest BCUT2D eigenvalue weighted by Crippen LogP contribution is -2.39. The predicted molar refractivity (Wildman–Crippen MR) is 81.3 cm³/mol. The van der Waals surface area contributed by atoms with E-state index in [-0.39, 0.29) is 17.5 Å². The average Bonchev–Trinajstić information content (AvgIpc) is 3.23. The summed E-state index contributed by atoms with van der Waals surface area (Å²) in [7, 11) is 0. The van der Waals surface area contributed by atoms with Gasteiger partial charge in [-0.25, -0.2) is 4.79 Å². The molecule has 7 heteroatoms. The maximum absolute atomic E-state index is 12.8. The molecular formula is C16H19N3O4. The van der Waals surface area contributed by atoms with E-state index < -0.39 is 5.97 Å². The Labute approximate surface area is 133 Å². The van der Waals surface area contributed by atoms with Crippen LogP contribution in [0.5, 0.6) is 0 Å². The summed E-state index contributed by atoms with van der Waals surface area (Å²) in [6.07, 6.45) is 4.54. The van der Waals surface area contributed by atoms with Gasteiger partial charge in [-0.15, -0.1) is 0 Å². The topological polar surface area (TPSA) is 99.4 Å². The molecule has 23 heavy (non-hydrogen) atoms. The minimum absolute atomic E-state index is 0.114. The molecule has 1 saturated heterocycles. The van der Waals surface area contributed by atoms with Gasteiger partial charge in [0.1, 0.15) is 11.3 Å². The lowest BCUT2D eigenvalue weighted by atomic mass is 9.96. The van der Waals surface area contributed by atoms with Gasteiger partial charge in [-0.05, 0) is 31.4 Å². The van der Waals surface area contributed by atoms with Gasteiger partial charge in [0, 0.05) is 13.0 Å². The molecule has 2 aromatic heterocycles. The summed E-state index contributed by atoms with van der Waals surface area (Å²) in [5.74, 6) is -0.196. The number of piperidine rings is 1. The fraction of sp³-hybridized carbons (Fsp3) is 0.438. The highest BCUT2D eigenvalue weighted by atomic mass is 16.4. The normalized spacial score (nSPS) is 18.1. The fourth-order valence-electron chi connectivity index (χ4n) is 3.02. The number of hydrogen-bond acceptors (Lipinski definition) is 4. The number of carboxylic acids is 1. The molecule has 122 valence electrons. The Morgan fingerprint density at radius 2 is 2.26 bits per heavy atom. The van der Waals surface area contributed by atoms with Gasteiger partial charge in [0.2, 0.25) is 0 Å². The van der Waals surface area contributed by atoms with Crippen molar-refractivity contribution in [2.45, 2.75) is 38.6 Å². The van der Waals surface area contributed by atoms with E-state index in [1.54, 1.807) is 17.0 Å². The number of carbonyl (C=O) groups excluding carboxylic acids is 1. The number of H-pyrrole nitrogens is 1. The zero-order valence-electron chi connectivity index (χ0n) is 12.9. The first-order valence-electron chi connectivity index (χ1n) is 7.78. The van der Waals surface area contributed by atoms with Gasteiger partial charge in [-0.2, -0.15) is 5.10 Å². The number of nitrogens with one attached hydrogen (secondary N) is 1. The van der Waals surface area contributed by atoms with Crippen molar-refractivity contribution in [1.82, 2.24) is 15.1 Å². The van der Waals surface area contributed by atoms with Crippen LogP contribution in [-0.2, 0) is 6.42 Å². The number of carbonyl (C=O) groups is 2. The van der Waals surface area contributed by atoms with Crippen LogP contribution in [0.25, 0.3) is 0 Å². The minimum Gasteiger partial charge on any atom is -0.478 e. The summed E-state index contributed by atoms with van der Waals surface area (Å²) >= 11 is 0. The largest absolute Gasteiger partial charge is 0.478 e. The van der Waals surface area contributed by atoms with Crippen LogP contribution >= 0.6 is 0 Å². The number of furan rings is 1. The lowest BCUT2D eigenvalue weighted by Gasteiger charge is -2.34. The molecule has 1 amide bonds. The quantitative estimate of drug-likeness (QED) is 0.903. The Morgan fingerprint density at radius 3 is 2.96 bits per heavy atom. The molecule has 0 saturated carbocycles. The molecule has 0 aromatic carbocycles. The molecule has 3 rings (SSSR count). The highest BCUT2D eigenvalue weighted by Gasteiger charge is 2.33. The first-order valence-corrected chi connectivity index (χ1v) is 7.78. The second kappa shape index (κ2) is 6.28. The molecule has 7 nitrogen and oxygen atoms in total. The number of amides is 1. The summed E-state index contributed by atoms with van der Waals surface area (Å²) in [5, 5.41) is 15.9. The van der Waals surface area contributed by atoms with Gasteiger partial charge in [0.15, 0.2) is 5.76 Å². The van der Waals surface area contributed by atoms with Crippen molar-refractivity contribution in [3.05, 3.63) is 41.1 Å². The van der Waals surface area contributed by atoms with E-state index in [9.17, 15) is 14.7 Å². The monoisotopic (exact) mass is 317 g/mol. The van der Waals surface area contributed by atoms with Crippen LogP contribution in [0.2, 0.25) is 0 Å². The Kier molecular flexibility index (Phi) is 4.18. The summed E-state index contributed by atoms with van der Waals surface area (Å²) < 4.78 is 5.56. The van der Waals surface area contributed by atoms with E-state index in [4.69, 9.17) is 4.42 Å². The van der Waals surface area contributed by atoms with E-state index in [1.807, 2.05) is 6.92 Å². The van der Waals surface area contributed by atoms with Crippen LogP contribution < -0.4 is 0 Å². The number of likely N-dealkylation sites (tertiary alicyclic amines) is 1. The summed E-state index contributed by atoms with van der Waals surface area (Å²) in [5.41, 5.74) is 0.594. The number of aromatic carboxylic acids is 1. The van der Waals surface area contributed by atoms with Crippen LogP contribution in [0, 0.1) is 0 Å². The fourth-order valence-corrected chi connectivity index (χ4v) is 3.02. The van der Waals surface area contributed by atoms with E-state index in [2.05, 4.69) is 10.2 Å². The third-order valence-corrected chi connectivity index (χ3v) is 4.22. The van der Waals surface area contributed by atoms with Crippen LogP contribution in [-0.4, -0.2) is 38.6 Å². The van der Waals surface area contributed by atoms with Gasteiger partial charge < -0.3 is 14.4 Å². The molecule has 0 aliphatic carbocycles. The maximum Gasteiger partial charge on any atom is 0.339 e. The van der Waals surface area contributed by atoms with Gasteiger partial charge in [0.25, 0.3) is 5.91 Å². The number of nitrogens with zero attached hydrogens (tertiary/aromatic N) is 2. The highest BCUT2D eigenvalue weighted by Crippen LogP contribution is 2.33. The molecule has 0 radical (unpaired) electrons. The molecule has 0 spiro atoms. The minimum atomic E-state index is -1.04. The number of aromatic nitrogens is 2. The number of carboxylic acid groups (broad SMARTS) is 1. The molecule has 0 bridgehead atoms. The first kappa shape index (κ1) is 15.3. The SMILES string of the molecule is CCc1ccc(C(=O)N2CCCCC2c2[nH]ncc2C(=O)O)o1. The van der Waals surface area contributed by atoms with E-state index in [0.29, 0.717) is 24.4 Å². The number of aromatic amines is 1. The van der Waals surface area contributed by atoms with Crippen molar-refractivity contribution in [3.63, 3.8) is 0 Å². The Hall–Kier alpha value is -2.57. The zero-order valence-corrected chi connectivity index (χ0v) is 12.9. The van der Waals surface area contributed by atoms with E-state index in [1.165, 1.54) is 6.20 Å². The van der Waals surface area contributed by atoms with Gasteiger partial charge >= 0.3 is 5.97 Å². The van der Waals surface area contributed by atoms with Crippen molar-refractivity contribution in [2.75, 3.05) is 6.54 Å². The van der Waals surface area contributed by atoms with Gasteiger partial charge in [-0.1, -0.05) is 6.92 Å². The first-order chi connectivity index (χ1) is 11.1. The average molecular weight is 317 g/mol. The maximum atomic E-state index is 12.8. The molecule has 2 N–H and O–H groups in total. The van der Waals surface area contributed by atoms with Crippen LogP contribution in [0.3, 0.4) is 0 Å². The second-order valence-electron chi connectivity index (χ2n) is 5.63. The summed E-state index contributed by atoms with van der Waals surface area (Å²) in [6.45, 7) is 2.53. The van der Waals surface area contributed by atoms with Crippen molar-refractivity contribution in [3.8, 4) is 0 Å². The van der Waals surface area contributed by atoms with Crippen molar-refractivity contribution < 1.29 is 19.1 Å². The Bertz CT molecular complexity index is 718. The predicted octanol–water partition coefficient (Wildman–Crippen LogP) is 2.63. The molecule has 2 aromatic rings. The van der Waals surface area contributed by atoms with Crippen LogP contribution in [0.15, 0.2) is 22.7 Å². The molecular weight excluding hydrogens is 298 g/mol. The smallest absolute Gasteiger partial charge is 0.339 e. The number of hydrogen-bond donors (Lipinski definition) is 2. The van der Waals surface area contributed by atoms with Crippen LogP contribution in [0.1, 0.15) is 64.6 Å². The zero-order chi connectivity index (χ0) is 16.4. The van der Waals surface area contributed by atoms with Crippen molar-refractivity contribution >= 4 is 11.9 Å². The summed E-state index contributed by atoms with van der Waals surface area (Å²) in [6, 6.07) is 3.16. The molecule has 1 atom stereocenters. The molecule has 1 aliphatic rings. The molecule has 1 aliphatic heterocycles. The Balaban J connectivity index is 1.90. The number of rotatable bonds is 4. The Morgan fingerprint density at radius 1 is 1.43 bits per heavy atom. The van der Waals surface area contributed by atoms with E-state index >= 15 is 0 Å². The highest BCUT2D eigenvalue weighted by molar-refractivity contribution is 5.93. The van der Waals surface area contributed by atoms with Crippen LogP contribution in [0.4, 0.5) is 0 Å². The standard InChI is InChI=1S/C16H19N3O4/c1-2-10-6-7-13(23-10)15(20)19-8-4-3-5-12(19)14-11(16(21)22)9-17-18-14/h6-7,9,12H,2-5,8H2,1H3,(H,17,18)(H,21,22). The van der Waals surface area contributed by atoms with Gasteiger partial charge in [0.05, 0.1) is 17.9 Å². The third-order valence-electron chi connectivity index (χ3n) is 4.22. The molecule has 1 fully saturated rings. The summed E-state index contributed by atoms with van der Waals surface area (Å²) in [4.78, 5) is 25.8. The third kappa shape index (κ3) is 2.86. The van der Waals surface area contributed by atoms with Gasteiger partial charge in [-0.3, -0.25) is 9.89 Å².